The van der Waals surface area contributed by atoms with Crippen LogP contribution in [0.2, 0.25) is 0 Å². The molecule has 0 saturated carbocycles. The van der Waals surface area contributed by atoms with Crippen molar-refractivity contribution in [2.75, 3.05) is 26.2 Å². The largest absolute Gasteiger partial charge is 0.325 e. The minimum absolute atomic E-state index is 1.28. The van der Waals surface area contributed by atoms with Crippen LogP contribution < -0.4 is 0 Å². The molecule has 0 unspecified atom stereocenters. The summed E-state index contributed by atoms with van der Waals surface area (Å²) in [5.41, 5.74) is 0. The fourth-order valence-corrected chi connectivity index (χ4v) is 1.34. The Bertz CT molecular complexity index is 75.7. The number of allylic oxidation sites excluding steroid dienone is 1. The van der Waals surface area contributed by atoms with Crippen molar-refractivity contribution in [3.63, 3.8) is 0 Å². The van der Waals surface area contributed by atoms with E-state index in [0.717, 1.165) is 0 Å². The van der Waals surface area contributed by atoms with Crippen molar-refractivity contribution in [3.8, 4) is 0 Å². The average molecular weight is 172 g/mol. The lowest BCUT2D eigenvalue weighted by atomic mass is 10.3. The van der Waals surface area contributed by atoms with Crippen LogP contribution in [0, 0.1) is 0 Å². The Balaban J connectivity index is 0. The van der Waals surface area contributed by atoms with E-state index in [1.165, 1.54) is 30.7 Å². The van der Waals surface area contributed by atoms with Gasteiger partial charge in [0.1, 0.15) is 0 Å². The Morgan fingerprint density at radius 1 is 0.917 bits per heavy atom. The van der Waals surface area contributed by atoms with E-state index in [2.05, 4.69) is 34.3 Å². The topological polar surface area (TPSA) is 0 Å². The third-order valence-corrected chi connectivity index (χ3v) is 2.68. The molecule has 74 valence electrons. The van der Waals surface area contributed by atoms with Crippen LogP contribution in [-0.2, 0) is 0 Å². The Hall–Kier alpha value is -0.300. The molecule has 1 nitrogen and oxygen atoms in total. The molecule has 0 aromatic carbocycles. The van der Waals surface area contributed by atoms with Crippen LogP contribution in [0.1, 0.15) is 34.6 Å². The van der Waals surface area contributed by atoms with E-state index in [1.807, 2.05) is 6.92 Å². The molecule has 0 aliphatic heterocycles. The summed E-state index contributed by atoms with van der Waals surface area (Å²) in [6.07, 6.45) is 1.75. The van der Waals surface area contributed by atoms with E-state index < -0.39 is 0 Å². The van der Waals surface area contributed by atoms with Gasteiger partial charge < -0.3 is 4.48 Å². The first-order valence-corrected chi connectivity index (χ1v) is 5.08. The fourth-order valence-electron chi connectivity index (χ4n) is 1.34. The van der Waals surface area contributed by atoms with Gasteiger partial charge in [0.25, 0.3) is 0 Å². The van der Waals surface area contributed by atoms with E-state index in [9.17, 15) is 0 Å². The monoisotopic (exact) mass is 172 g/mol. The standard InChI is InChI=1S/C8H20N.C3H6/c1-5-9(6-2,7-3)8-4;1-3-2/h5-8H2,1-4H3;3H,1H2,2H3/q+1;. The Kier molecular flexibility index (Phi) is 10.4. The van der Waals surface area contributed by atoms with Crippen LogP contribution in [0.5, 0.6) is 0 Å². The smallest absolute Gasteiger partial charge is 0.0757 e. The van der Waals surface area contributed by atoms with Gasteiger partial charge in [-0.1, -0.05) is 6.08 Å². The molecule has 0 aliphatic carbocycles. The lowest BCUT2D eigenvalue weighted by molar-refractivity contribution is -0.921. The van der Waals surface area contributed by atoms with Crippen molar-refractivity contribution >= 4 is 0 Å². The molecule has 12 heavy (non-hydrogen) atoms. The lowest BCUT2D eigenvalue weighted by Gasteiger charge is -2.34. The maximum Gasteiger partial charge on any atom is 0.0757 e. The van der Waals surface area contributed by atoms with Crippen molar-refractivity contribution in [2.24, 2.45) is 0 Å². The summed E-state index contributed by atoms with van der Waals surface area (Å²) < 4.78 is 1.28. The normalized spacial score (nSPS) is 10.1. The number of hydrogen-bond donors (Lipinski definition) is 0. The van der Waals surface area contributed by atoms with E-state index in [0.29, 0.717) is 0 Å². The van der Waals surface area contributed by atoms with Gasteiger partial charge in [-0.15, -0.1) is 6.58 Å². The van der Waals surface area contributed by atoms with Gasteiger partial charge >= 0.3 is 0 Å². The number of rotatable bonds is 4. The van der Waals surface area contributed by atoms with Crippen LogP contribution in [0.3, 0.4) is 0 Å². The third kappa shape index (κ3) is 5.36. The second kappa shape index (κ2) is 8.79. The average Bonchev–Trinajstić information content (AvgIpc) is 2.11. The molecule has 0 radical (unpaired) electrons. The van der Waals surface area contributed by atoms with E-state index in [-0.39, 0.29) is 0 Å². The van der Waals surface area contributed by atoms with Crippen LogP contribution >= 0.6 is 0 Å². The molecule has 1 heteroatoms. The first-order valence-electron chi connectivity index (χ1n) is 5.08. The highest BCUT2D eigenvalue weighted by Gasteiger charge is 2.16. The summed E-state index contributed by atoms with van der Waals surface area (Å²) in [4.78, 5) is 0. The molecule has 0 aromatic rings. The van der Waals surface area contributed by atoms with Crippen molar-refractivity contribution in [3.05, 3.63) is 12.7 Å². The first-order chi connectivity index (χ1) is 5.66. The molecule has 0 bridgehead atoms. The summed E-state index contributed by atoms with van der Waals surface area (Å²) >= 11 is 0. The minimum atomic E-state index is 1.28. The maximum atomic E-state index is 3.36. The molecule has 0 atom stereocenters. The molecule has 0 aliphatic rings. The van der Waals surface area contributed by atoms with Gasteiger partial charge in [0.2, 0.25) is 0 Å². The van der Waals surface area contributed by atoms with E-state index in [1.54, 1.807) is 6.08 Å². The first kappa shape index (κ1) is 14.2. The van der Waals surface area contributed by atoms with E-state index >= 15 is 0 Å². The van der Waals surface area contributed by atoms with Crippen molar-refractivity contribution in [1.29, 1.82) is 0 Å². The Labute approximate surface area is 78.7 Å². The van der Waals surface area contributed by atoms with Gasteiger partial charge in [-0.05, 0) is 34.6 Å². The predicted octanol–water partition coefficient (Wildman–Crippen LogP) is 3.08. The Morgan fingerprint density at radius 3 is 1.08 bits per heavy atom. The summed E-state index contributed by atoms with van der Waals surface area (Å²) in [5, 5.41) is 0. The molecule has 0 saturated heterocycles. The number of hydrogen-bond acceptors (Lipinski definition) is 0. The molecule has 0 N–H and O–H groups in total. The highest BCUT2D eigenvalue weighted by atomic mass is 15.3. The predicted molar refractivity (Wildman–Crippen MR) is 58.3 cm³/mol. The molecule has 0 amide bonds. The molecular formula is C11H26N+. The number of nitrogens with zero attached hydrogens (tertiary/aromatic N) is 1. The zero-order chi connectivity index (χ0) is 10.0. The summed E-state index contributed by atoms with van der Waals surface area (Å²) in [7, 11) is 0. The molecule has 0 spiro atoms. The van der Waals surface area contributed by atoms with Crippen LogP contribution in [0.25, 0.3) is 0 Å². The van der Waals surface area contributed by atoms with Crippen molar-refractivity contribution in [2.45, 2.75) is 34.6 Å². The lowest BCUT2D eigenvalue weighted by Crippen LogP contribution is -2.47. The second-order valence-corrected chi connectivity index (χ2v) is 3.01. The highest BCUT2D eigenvalue weighted by molar-refractivity contribution is 4.51. The highest BCUT2D eigenvalue weighted by Crippen LogP contribution is 2.03. The van der Waals surface area contributed by atoms with Crippen molar-refractivity contribution < 1.29 is 4.48 Å². The van der Waals surface area contributed by atoms with Crippen LogP contribution in [0.15, 0.2) is 12.7 Å². The van der Waals surface area contributed by atoms with Crippen molar-refractivity contribution in [1.82, 2.24) is 0 Å². The van der Waals surface area contributed by atoms with Gasteiger partial charge in [-0.3, -0.25) is 0 Å². The zero-order valence-electron chi connectivity index (χ0n) is 9.56. The van der Waals surface area contributed by atoms with Gasteiger partial charge in [0.15, 0.2) is 0 Å². The fraction of sp³-hybridized carbons (Fsp3) is 0.818. The summed E-state index contributed by atoms with van der Waals surface area (Å²) in [6, 6.07) is 0. The molecule has 0 rings (SSSR count). The SMILES string of the molecule is C=CC.CC[N+](CC)(CC)CC. The van der Waals surface area contributed by atoms with Crippen LogP contribution in [-0.4, -0.2) is 30.7 Å². The minimum Gasteiger partial charge on any atom is -0.325 e. The molecular weight excluding hydrogens is 146 g/mol. The second-order valence-electron chi connectivity index (χ2n) is 3.01. The quantitative estimate of drug-likeness (QED) is 0.451. The summed E-state index contributed by atoms with van der Waals surface area (Å²) in [5.74, 6) is 0. The molecule has 0 fully saturated rings. The van der Waals surface area contributed by atoms with Crippen LogP contribution in [0.4, 0.5) is 0 Å². The summed E-state index contributed by atoms with van der Waals surface area (Å²) in [6.45, 7) is 19.5. The zero-order valence-corrected chi connectivity index (χ0v) is 9.56. The van der Waals surface area contributed by atoms with Gasteiger partial charge in [-0.2, -0.15) is 0 Å². The Morgan fingerprint density at radius 2 is 1.08 bits per heavy atom. The molecule has 0 aromatic heterocycles. The maximum absolute atomic E-state index is 3.36. The number of quaternary nitrogens is 1. The molecule has 0 heterocycles. The van der Waals surface area contributed by atoms with Gasteiger partial charge in [0, 0.05) is 0 Å². The van der Waals surface area contributed by atoms with Gasteiger partial charge in [0.05, 0.1) is 26.2 Å². The van der Waals surface area contributed by atoms with Gasteiger partial charge in [-0.25, -0.2) is 0 Å². The third-order valence-electron chi connectivity index (χ3n) is 2.68. The van der Waals surface area contributed by atoms with E-state index in [4.69, 9.17) is 0 Å².